The molecule has 4 heteroatoms. The van der Waals surface area contributed by atoms with Crippen LogP contribution in [0.4, 0.5) is 11.4 Å². The van der Waals surface area contributed by atoms with Crippen LogP contribution in [0, 0.1) is 11.3 Å². The number of anilines is 2. The number of para-hydroxylation sites is 1. The van der Waals surface area contributed by atoms with Crippen LogP contribution >= 0.6 is 0 Å². The second-order valence-corrected chi connectivity index (χ2v) is 4.76. The highest BCUT2D eigenvalue weighted by Crippen LogP contribution is 2.26. The minimum absolute atomic E-state index is 0.439. The molecule has 0 spiro atoms. The average molecular weight is 281 g/mol. The first-order valence-electron chi connectivity index (χ1n) is 7.09. The van der Waals surface area contributed by atoms with E-state index in [2.05, 4.69) is 16.0 Å². The number of aliphatic hydroxyl groups is 1. The Morgan fingerprint density at radius 1 is 1.19 bits per heavy atom. The number of benzene rings is 1. The maximum atomic E-state index is 9.80. The fourth-order valence-corrected chi connectivity index (χ4v) is 2.14. The zero-order chi connectivity index (χ0) is 15.1. The highest BCUT2D eigenvalue weighted by Gasteiger charge is 2.11. The second kappa shape index (κ2) is 7.41. The van der Waals surface area contributed by atoms with Gasteiger partial charge in [0.05, 0.1) is 36.2 Å². The summed E-state index contributed by atoms with van der Waals surface area (Å²) in [5.41, 5.74) is 2.62. The molecule has 1 heterocycles. The Hall–Kier alpha value is -2.38. The summed E-state index contributed by atoms with van der Waals surface area (Å²) < 4.78 is 0. The third-order valence-corrected chi connectivity index (χ3v) is 3.33. The molecular weight excluding hydrogens is 262 g/mol. The Balaban J connectivity index is 2.27. The third kappa shape index (κ3) is 3.80. The van der Waals surface area contributed by atoms with E-state index in [0.29, 0.717) is 25.1 Å². The third-order valence-electron chi connectivity index (χ3n) is 3.33. The fraction of sp³-hybridized carbons (Fsp3) is 0.294. The summed E-state index contributed by atoms with van der Waals surface area (Å²) in [7, 11) is 0. The first kappa shape index (κ1) is 15.0. The lowest BCUT2D eigenvalue weighted by atomic mass is 10.1. The van der Waals surface area contributed by atoms with Crippen LogP contribution in [0.5, 0.6) is 0 Å². The van der Waals surface area contributed by atoms with Crippen LogP contribution in [0.25, 0.3) is 0 Å². The lowest BCUT2D eigenvalue weighted by Crippen LogP contribution is -2.18. The normalized spacial score (nSPS) is 11.7. The largest absolute Gasteiger partial charge is 0.387 e. The van der Waals surface area contributed by atoms with Crippen molar-refractivity contribution in [3.05, 3.63) is 54.4 Å². The van der Waals surface area contributed by atoms with Gasteiger partial charge in [-0.05, 0) is 30.7 Å². The van der Waals surface area contributed by atoms with E-state index in [1.54, 1.807) is 6.20 Å². The molecule has 1 aromatic carbocycles. The smallest absolute Gasteiger partial charge is 0.0957 e. The summed E-state index contributed by atoms with van der Waals surface area (Å²) >= 11 is 0. The monoisotopic (exact) mass is 281 g/mol. The van der Waals surface area contributed by atoms with Crippen molar-refractivity contribution in [3.63, 3.8) is 0 Å². The molecule has 1 aromatic heterocycles. The maximum Gasteiger partial charge on any atom is 0.0957 e. The van der Waals surface area contributed by atoms with E-state index in [9.17, 15) is 5.11 Å². The summed E-state index contributed by atoms with van der Waals surface area (Å²) in [6, 6.07) is 15.9. The number of hydrogen-bond donors (Lipinski definition) is 1. The molecule has 0 aliphatic heterocycles. The van der Waals surface area contributed by atoms with Gasteiger partial charge >= 0.3 is 0 Å². The van der Waals surface area contributed by atoms with Gasteiger partial charge in [-0.2, -0.15) is 5.26 Å². The Bertz CT molecular complexity index is 590. The van der Waals surface area contributed by atoms with Gasteiger partial charge in [0.1, 0.15) is 0 Å². The van der Waals surface area contributed by atoms with Crippen molar-refractivity contribution in [3.8, 4) is 6.07 Å². The van der Waals surface area contributed by atoms with Crippen LogP contribution in [0.3, 0.4) is 0 Å². The van der Waals surface area contributed by atoms with Crippen molar-refractivity contribution in [2.45, 2.75) is 25.9 Å². The predicted octanol–water partition coefficient (Wildman–Crippen LogP) is 3.58. The van der Waals surface area contributed by atoms with E-state index >= 15 is 0 Å². The Labute approximate surface area is 125 Å². The van der Waals surface area contributed by atoms with Crippen molar-refractivity contribution in [2.24, 2.45) is 0 Å². The van der Waals surface area contributed by atoms with E-state index in [0.717, 1.165) is 11.4 Å². The van der Waals surface area contributed by atoms with Gasteiger partial charge in [0.25, 0.3) is 0 Å². The lowest BCUT2D eigenvalue weighted by Gasteiger charge is -2.24. The van der Waals surface area contributed by atoms with Gasteiger partial charge < -0.3 is 10.0 Å². The quantitative estimate of drug-likeness (QED) is 0.879. The minimum atomic E-state index is -0.525. The van der Waals surface area contributed by atoms with E-state index in [1.165, 1.54) is 0 Å². The van der Waals surface area contributed by atoms with Gasteiger partial charge in [0, 0.05) is 12.2 Å². The standard InChI is InChI=1S/C17H19N3O/c1-2-17(21)16-10-9-15(13-19-16)20(12-6-11-18)14-7-4-3-5-8-14/h3-5,7-10,13,17,21H,2,6,12H2,1H3/t17-/m1/s1. The SMILES string of the molecule is CC[C@@H](O)c1ccc(N(CCC#N)c2ccccc2)cn1. The first-order chi connectivity index (χ1) is 10.3. The van der Waals surface area contributed by atoms with Gasteiger partial charge in [0.2, 0.25) is 0 Å². The molecule has 0 aliphatic rings. The molecule has 0 fully saturated rings. The summed E-state index contributed by atoms with van der Waals surface area (Å²) in [4.78, 5) is 6.38. The second-order valence-electron chi connectivity index (χ2n) is 4.76. The van der Waals surface area contributed by atoms with Crippen LogP contribution in [0.1, 0.15) is 31.6 Å². The first-order valence-corrected chi connectivity index (χ1v) is 7.09. The molecular formula is C17H19N3O. The molecule has 0 amide bonds. The molecule has 0 aliphatic carbocycles. The molecule has 108 valence electrons. The van der Waals surface area contributed by atoms with E-state index in [1.807, 2.05) is 49.4 Å². The highest BCUT2D eigenvalue weighted by atomic mass is 16.3. The molecule has 0 saturated carbocycles. The van der Waals surface area contributed by atoms with Gasteiger partial charge in [-0.25, -0.2) is 0 Å². The highest BCUT2D eigenvalue weighted by molar-refractivity contribution is 5.62. The minimum Gasteiger partial charge on any atom is -0.387 e. The number of hydrogen-bond acceptors (Lipinski definition) is 4. The Kier molecular flexibility index (Phi) is 5.30. The molecule has 2 aromatic rings. The van der Waals surface area contributed by atoms with Crippen molar-refractivity contribution in [1.29, 1.82) is 5.26 Å². The summed E-state index contributed by atoms with van der Waals surface area (Å²) in [5.74, 6) is 0. The van der Waals surface area contributed by atoms with Gasteiger partial charge in [0.15, 0.2) is 0 Å². The Morgan fingerprint density at radius 3 is 2.52 bits per heavy atom. The topological polar surface area (TPSA) is 60.1 Å². The van der Waals surface area contributed by atoms with Crippen LogP contribution < -0.4 is 4.90 Å². The number of nitriles is 1. The van der Waals surface area contributed by atoms with Gasteiger partial charge in [-0.15, -0.1) is 0 Å². The van der Waals surface area contributed by atoms with Crippen LogP contribution in [-0.2, 0) is 0 Å². The molecule has 0 unspecified atom stereocenters. The zero-order valence-corrected chi connectivity index (χ0v) is 12.1. The lowest BCUT2D eigenvalue weighted by molar-refractivity contribution is 0.169. The number of nitrogens with zero attached hydrogens (tertiary/aromatic N) is 3. The number of pyridine rings is 1. The maximum absolute atomic E-state index is 9.80. The molecule has 1 atom stereocenters. The number of aliphatic hydroxyl groups excluding tert-OH is 1. The van der Waals surface area contributed by atoms with Crippen molar-refractivity contribution >= 4 is 11.4 Å². The fourth-order valence-electron chi connectivity index (χ4n) is 2.14. The van der Waals surface area contributed by atoms with Gasteiger partial charge in [-0.1, -0.05) is 25.1 Å². The van der Waals surface area contributed by atoms with Gasteiger partial charge in [-0.3, -0.25) is 4.98 Å². The molecule has 1 N–H and O–H groups in total. The Morgan fingerprint density at radius 2 is 1.95 bits per heavy atom. The number of aromatic nitrogens is 1. The molecule has 2 rings (SSSR count). The molecule has 0 bridgehead atoms. The summed E-state index contributed by atoms with van der Waals surface area (Å²) in [6.45, 7) is 2.53. The summed E-state index contributed by atoms with van der Waals surface area (Å²) in [5, 5.41) is 18.6. The van der Waals surface area contributed by atoms with Crippen LogP contribution in [0.2, 0.25) is 0 Å². The van der Waals surface area contributed by atoms with Crippen molar-refractivity contribution in [2.75, 3.05) is 11.4 Å². The molecule has 21 heavy (non-hydrogen) atoms. The zero-order valence-electron chi connectivity index (χ0n) is 12.1. The number of rotatable bonds is 6. The van der Waals surface area contributed by atoms with E-state index in [4.69, 9.17) is 5.26 Å². The average Bonchev–Trinajstić information content (AvgIpc) is 2.56. The van der Waals surface area contributed by atoms with Crippen molar-refractivity contribution < 1.29 is 5.11 Å². The van der Waals surface area contributed by atoms with Crippen LogP contribution in [0.15, 0.2) is 48.7 Å². The summed E-state index contributed by atoms with van der Waals surface area (Å²) in [6.07, 6.45) is 2.30. The molecule has 4 nitrogen and oxygen atoms in total. The predicted molar refractivity (Wildman–Crippen MR) is 83.2 cm³/mol. The molecule has 0 radical (unpaired) electrons. The molecule has 0 saturated heterocycles. The van der Waals surface area contributed by atoms with Crippen molar-refractivity contribution in [1.82, 2.24) is 4.98 Å². The van der Waals surface area contributed by atoms with E-state index in [-0.39, 0.29) is 0 Å². The van der Waals surface area contributed by atoms with E-state index < -0.39 is 6.10 Å². The van der Waals surface area contributed by atoms with Crippen LogP contribution in [-0.4, -0.2) is 16.6 Å².